The lowest BCUT2D eigenvalue weighted by atomic mass is 10.0. The molecule has 0 spiro atoms. The van der Waals surface area contributed by atoms with Crippen molar-refractivity contribution in [3.8, 4) is 0 Å². The number of phosphoric acid groups is 1. The Hall–Kier alpha value is -1.77. The van der Waals surface area contributed by atoms with Gasteiger partial charge in [-0.1, -0.05) is 217 Å². The Morgan fingerprint density at radius 2 is 0.833 bits per heavy atom. The number of hydrogen-bond acceptors (Lipinski definition) is 7. The average molecular weight is 953 g/mol. The van der Waals surface area contributed by atoms with E-state index in [0.29, 0.717) is 17.4 Å². The topological polar surface area (TPSA) is 108 Å². The van der Waals surface area contributed by atoms with Gasteiger partial charge in [0.1, 0.15) is 19.8 Å². The van der Waals surface area contributed by atoms with Crippen molar-refractivity contribution in [1.29, 1.82) is 0 Å². The third-order valence-corrected chi connectivity index (χ3v) is 13.1. The molecule has 66 heavy (non-hydrogen) atoms. The molecule has 0 aromatic rings. The normalized spacial score (nSPS) is 13.6. The zero-order valence-electron chi connectivity index (χ0n) is 43.9. The van der Waals surface area contributed by atoms with E-state index in [1.54, 1.807) is 0 Å². The first kappa shape index (κ1) is 64.2. The van der Waals surface area contributed by atoms with Crippen LogP contribution in [0.15, 0.2) is 36.5 Å². The minimum absolute atomic E-state index is 0.0271. The zero-order chi connectivity index (χ0) is 48.5. The van der Waals surface area contributed by atoms with E-state index >= 15 is 0 Å². The highest BCUT2D eigenvalue weighted by Gasteiger charge is 2.27. The van der Waals surface area contributed by atoms with Crippen molar-refractivity contribution in [3.05, 3.63) is 36.5 Å². The smallest absolute Gasteiger partial charge is 0.462 e. The fraction of sp³-hybridized carbons (Fsp3) is 0.857. The van der Waals surface area contributed by atoms with Crippen LogP contribution in [0.3, 0.4) is 0 Å². The summed E-state index contributed by atoms with van der Waals surface area (Å²) in [6, 6.07) is 0. The van der Waals surface area contributed by atoms with Crippen LogP contribution >= 0.6 is 7.82 Å². The summed E-state index contributed by atoms with van der Waals surface area (Å²) in [4.78, 5) is 35.6. The molecule has 1 N–H and O–H groups in total. The summed E-state index contributed by atoms with van der Waals surface area (Å²) >= 11 is 0. The molecule has 0 aliphatic heterocycles. The van der Waals surface area contributed by atoms with E-state index in [2.05, 4.69) is 50.3 Å². The molecule has 1 unspecified atom stereocenters. The molecule has 0 saturated carbocycles. The molecule has 0 amide bonds. The van der Waals surface area contributed by atoms with Crippen molar-refractivity contribution < 1.29 is 42.1 Å². The molecule has 0 heterocycles. The van der Waals surface area contributed by atoms with Crippen LogP contribution in [0.25, 0.3) is 0 Å². The molecule has 10 heteroatoms. The number of unbranched alkanes of at least 4 members (excludes halogenated alkanes) is 31. The monoisotopic (exact) mass is 953 g/mol. The molecular formula is C56H107NO8P+. The third-order valence-electron chi connectivity index (χ3n) is 12.1. The van der Waals surface area contributed by atoms with E-state index < -0.39 is 26.5 Å². The number of nitrogens with zero attached hydrogens (tertiary/aromatic N) is 1. The van der Waals surface area contributed by atoms with Crippen LogP contribution in [-0.2, 0) is 32.7 Å². The minimum Gasteiger partial charge on any atom is -0.462 e. The van der Waals surface area contributed by atoms with E-state index in [-0.39, 0.29) is 32.0 Å². The Labute approximate surface area is 408 Å². The number of likely N-dealkylation sites (N-methyl/N-ethyl adjacent to an activating group) is 1. The number of ether oxygens (including phenoxy) is 2. The summed E-state index contributed by atoms with van der Waals surface area (Å²) in [5, 5.41) is 0. The Balaban J connectivity index is 4.21. The van der Waals surface area contributed by atoms with Gasteiger partial charge in [0, 0.05) is 12.8 Å². The van der Waals surface area contributed by atoms with Crippen molar-refractivity contribution in [3.63, 3.8) is 0 Å². The van der Waals surface area contributed by atoms with E-state index in [9.17, 15) is 19.0 Å². The van der Waals surface area contributed by atoms with Crippen LogP contribution in [-0.4, -0.2) is 74.9 Å². The Bertz CT molecular complexity index is 1210. The zero-order valence-corrected chi connectivity index (χ0v) is 44.8. The SMILES string of the molecule is CCCCC/C=C/C/C=C/CCCCCCCCCCCC(=O)OC[C@H](COP(=O)(O)OCC[N+](C)(C)C)OC(=O)CCC/C=C/CCCCCCCCCCCCCCCCCCCC. The largest absolute Gasteiger partial charge is 0.472 e. The molecule has 0 fully saturated rings. The van der Waals surface area contributed by atoms with Gasteiger partial charge in [-0.25, -0.2) is 4.57 Å². The van der Waals surface area contributed by atoms with Crippen molar-refractivity contribution >= 4 is 19.8 Å². The first-order valence-electron chi connectivity index (χ1n) is 27.7. The molecule has 0 rings (SSSR count). The summed E-state index contributed by atoms with van der Waals surface area (Å²) in [5.41, 5.74) is 0. The van der Waals surface area contributed by atoms with E-state index in [0.717, 1.165) is 38.5 Å². The van der Waals surface area contributed by atoms with E-state index in [1.807, 2.05) is 21.1 Å². The molecule has 9 nitrogen and oxygen atoms in total. The van der Waals surface area contributed by atoms with Crippen LogP contribution in [0.1, 0.15) is 258 Å². The van der Waals surface area contributed by atoms with Crippen molar-refractivity contribution in [2.75, 3.05) is 47.5 Å². The van der Waals surface area contributed by atoms with E-state index in [1.165, 1.54) is 186 Å². The fourth-order valence-corrected chi connectivity index (χ4v) is 8.56. The van der Waals surface area contributed by atoms with Gasteiger partial charge in [-0.05, 0) is 64.2 Å². The standard InChI is InChI=1S/C56H106NO8P/c1-6-8-10-12-14-16-18-20-22-24-26-27-28-29-31-33-35-37-39-41-43-45-47-49-56(59)65-54(53-64-66(60,61)63-51-50-57(3,4)5)52-62-55(58)48-46-44-42-40-38-36-34-32-30-25-23-21-19-17-15-13-11-9-7-2/h15,17,21,23,41,43,54H,6-14,16,18-20,22,24-40,42,44-53H2,1-5H3/p+1/b17-15+,23-21+,43-41+/t54-/m1/s1. The van der Waals surface area contributed by atoms with Gasteiger partial charge in [-0.15, -0.1) is 0 Å². The molecule has 2 atom stereocenters. The minimum atomic E-state index is -4.39. The Morgan fingerprint density at radius 1 is 0.470 bits per heavy atom. The summed E-state index contributed by atoms with van der Waals surface area (Å²) < 4.78 is 34.5. The molecule has 0 bridgehead atoms. The molecule has 388 valence electrons. The number of esters is 2. The Morgan fingerprint density at radius 3 is 1.29 bits per heavy atom. The molecule has 0 aliphatic rings. The summed E-state index contributed by atoms with van der Waals surface area (Å²) in [7, 11) is 1.47. The van der Waals surface area contributed by atoms with Crippen LogP contribution in [0.4, 0.5) is 0 Å². The molecule has 0 aromatic heterocycles. The van der Waals surface area contributed by atoms with Gasteiger partial charge in [0.05, 0.1) is 27.7 Å². The maximum atomic E-state index is 12.8. The number of rotatable bonds is 51. The van der Waals surface area contributed by atoms with Gasteiger partial charge in [-0.2, -0.15) is 0 Å². The number of carbonyl (C=O) groups excluding carboxylic acids is 2. The second kappa shape index (κ2) is 48.3. The van der Waals surface area contributed by atoms with Crippen LogP contribution in [0, 0.1) is 0 Å². The van der Waals surface area contributed by atoms with Gasteiger partial charge in [-0.3, -0.25) is 18.6 Å². The summed E-state index contributed by atoms with van der Waals surface area (Å²) in [6.07, 6.45) is 57.9. The third kappa shape index (κ3) is 51.6. The van der Waals surface area contributed by atoms with Gasteiger partial charge < -0.3 is 18.9 Å². The lowest BCUT2D eigenvalue weighted by Gasteiger charge is -2.24. The first-order valence-corrected chi connectivity index (χ1v) is 29.2. The Kier molecular flexibility index (Phi) is 47.0. The number of phosphoric ester groups is 1. The van der Waals surface area contributed by atoms with Crippen molar-refractivity contribution in [2.45, 2.75) is 264 Å². The highest BCUT2D eigenvalue weighted by molar-refractivity contribution is 7.47. The van der Waals surface area contributed by atoms with Gasteiger partial charge in [0.25, 0.3) is 0 Å². The van der Waals surface area contributed by atoms with Crippen molar-refractivity contribution in [2.24, 2.45) is 0 Å². The van der Waals surface area contributed by atoms with Crippen LogP contribution in [0.5, 0.6) is 0 Å². The highest BCUT2D eigenvalue weighted by atomic mass is 31.2. The number of quaternary nitrogens is 1. The quantitative estimate of drug-likeness (QED) is 0.0211. The van der Waals surface area contributed by atoms with Crippen molar-refractivity contribution in [1.82, 2.24) is 0 Å². The lowest BCUT2D eigenvalue weighted by Crippen LogP contribution is -2.37. The van der Waals surface area contributed by atoms with Gasteiger partial charge >= 0.3 is 19.8 Å². The second-order valence-electron chi connectivity index (χ2n) is 20.0. The molecule has 0 saturated heterocycles. The predicted molar refractivity (Wildman–Crippen MR) is 280 cm³/mol. The molecule has 0 aromatic carbocycles. The summed E-state index contributed by atoms with van der Waals surface area (Å²) in [6.45, 7) is 4.41. The maximum Gasteiger partial charge on any atom is 0.472 e. The molecular weight excluding hydrogens is 846 g/mol. The van der Waals surface area contributed by atoms with Gasteiger partial charge in [0.15, 0.2) is 6.10 Å². The molecule has 0 radical (unpaired) electrons. The first-order chi connectivity index (χ1) is 32.0. The predicted octanol–water partition coefficient (Wildman–Crippen LogP) is 16.8. The van der Waals surface area contributed by atoms with Gasteiger partial charge in [0.2, 0.25) is 0 Å². The average Bonchev–Trinajstić information content (AvgIpc) is 3.27. The molecule has 0 aliphatic carbocycles. The number of hydrogen-bond donors (Lipinski definition) is 1. The lowest BCUT2D eigenvalue weighted by molar-refractivity contribution is -0.870. The maximum absolute atomic E-state index is 12.8. The number of carbonyl (C=O) groups is 2. The summed E-state index contributed by atoms with van der Waals surface area (Å²) in [5.74, 6) is -0.831. The fourth-order valence-electron chi connectivity index (χ4n) is 7.82. The van der Waals surface area contributed by atoms with Crippen LogP contribution < -0.4 is 0 Å². The second-order valence-corrected chi connectivity index (χ2v) is 21.4. The van der Waals surface area contributed by atoms with Crippen LogP contribution in [0.2, 0.25) is 0 Å². The van der Waals surface area contributed by atoms with E-state index in [4.69, 9.17) is 18.5 Å². The highest BCUT2D eigenvalue weighted by Crippen LogP contribution is 2.43. The number of allylic oxidation sites excluding steroid dienone is 6.